The molecular weight excluding hydrogens is 266 g/mol. The van der Waals surface area contributed by atoms with Crippen molar-refractivity contribution >= 4 is 5.91 Å². The lowest BCUT2D eigenvalue weighted by Gasteiger charge is -2.39. The number of rotatable bonds is 2. The zero-order valence-electron chi connectivity index (χ0n) is 13.0. The molecule has 2 N–H and O–H groups in total. The summed E-state index contributed by atoms with van der Waals surface area (Å²) in [5.74, 6) is 1.43. The Bertz CT molecular complexity index is 527. The molecule has 0 radical (unpaired) electrons. The third kappa shape index (κ3) is 2.71. The fourth-order valence-electron chi connectivity index (χ4n) is 3.92. The Balaban J connectivity index is 1.80. The smallest absolute Gasteiger partial charge is 0.243 e. The third-order valence-electron chi connectivity index (χ3n) is 4.95. The lowest BCUT2D eigenvalue weighted by Crippen LogP contribution is -2.57. The van der Waals surface area contributed by atoms with Crippen molar-refractivity contribution in [3.05, 3.63) is 17.5 Å². The SMILES string of the molecule is Cc1cc(C2CCCN2C(=O)C2(N)CCCC(C)C2)on1. The van der Waals surface area contributed by atoms with E-state index in [0.717, 1.165) is 50.1 Å². The van der Waals surface area contributed by atoms with Gasteiger partial charge in [-0.2, -0.15) is 0 Å². The molecule has 5 nitrogen and oxygen atoms in total. The maximum absolute atomic E-state index is 13.0. The van der Waals surface area contributed by atoms with E-state index in [1.54, 1.807) is 0 Å². The Labute approximate surface area is 125 Å². The number of likely N-dealkylation sites (tertiary alicyclic amines) is 1. The van der Waals surface area contributed by atoms with Crippen molar-refractivity contribution in [3.63, 3.8) is 0 Å². The van der Waals surface area contributed by atoms with Crippen molar-refractivity contribution in [1.29, 1.82) is 0 Å². The van der Waals surface area contributed by atoms with Gasteiger partial charge in [0.05, 0.1) is 17.3 Å². The van der Waals surface area contributed by atoms with Crippen molar-refractivity contribution in [1.82, 2.24) is 10.1 Å². The van der Waals surface area contributed by atoms with Gasteiger partial charge in [-0.1, -0.05) is 24.9 Å². The van der Waals surface area contributed by atoms with Crippen molar-refractivity contribution in [2.75, 3.05) is 6.54 Å². The normalized spacial score (nSPS) is 33.4. The van der Waals surface area contributed by atoms with Crippen LogP contribution < -0.4 is 5.73 Å². The van der Waals surface area contributed by atoms with Crippen molar-refractivity contribution < 1.29 is 9.32 Å². The van der Waals surface area contributed by atoms with E-state index in [9.17, 15) is 4.79 Å². The number of hydrogen-bond donors (Lipinski definition) is 1. The van der Waals surface area contributed by atoms with Crippen LogP contribution in [0, 0.1) is 12.8 Å². The molecule has 1 amide bonds. The predicted molar refractivity (Wildman–Crippen MR) is 79.5 cm³/mol. The van der Waals surface area contributed by atoms with Gasteiger partial charge in [-0.3, -0.25) is 4.79 Å². The van der Waals surface area contributed by atoms with Crippen LogP contribution in [0.15, 0.2) is 10.6 Å². The number of amides is 1. The quantitative estimate of drug-likeness (QED) is 0.909. The van der Waals surface area contributed by atoms with Gasteiger partial charge in [0.2, 0.25) is 5.91 Å². The highest BCUT2D eigenvalue weighted by molar-refractivity contribution is 5.86. The van der Waals surface area contributed by atoms with E-state index in [2.05, 4.69) is 12.1 Å². The standard InChI is InChI=1S/C16H25N3O2/c1-11-5-3-7-16(17,10-11)15(20)19-8-4-6-13(19)14-9-12(2)18-21-14/h9,11,13H,3-8,10,17H2,1-2H3. The van der Waals surface area contributed by atoms with Crippen LogP contribution in [0.25, 0.3) is 0 Å². The number of nitrogens with zero attached hydrogens (tertiary/aromatic N) is 2. The molecule has 5 heteroatoms. The molecule has 1 aromatic heterocycles. The van der Waals surface area contributed by atoms with Gasteiger partial charge in [0.15, 0.2) is 5.76 Å². The Hall–Kier alpha value is -1.36. The Morgan fingerprint density at radius 2 is 2.29 bits per heavy atom. The second-order valence-corrected chi connectivity index (χ2v) is 6.88. The molecule has 0 spiro atoms. The minimum absolute atomic E-state index is 0.0105. The molecule has 2 heterocycles. The number of aromatic nitrogens is 1. The number of aryl methyl sites for hydroxylation is 1. The summed E-state index contributed by atoms with van der Waals surface area (Å²) in [6, 6.07) is 1.94. The maximum atomic E-state index is 13.0. The van der Waals surface area contributed by atoms with Gasteiger partial charge < -0.3 is 15.2 Å². The first-order valence-electron chi connectivity index (χ1n) is 8.03. The van der Waals surface area contributed by atoms with Crippen LogP contribution >= 0.6 is 0 Å². The zero-order chi connectivity index (χ0) is 15.0. The average Bonchev–Trinajstić information content (AvgIpc) is 3.05. The van der Waals surface area contributed by atoms with Crippen LogP contribution in [-0.4, -0.2) is 28.0 Å². The van der Waals surface area contributed by atoms with Crippen LogP contribution in [0.1, 0.15) is 62.9 Å². The number of hydrogen-bond acceptors (Lipinski definition) is 4. The van der Waals surface area contributed by atoms with Crippen LogP contribution in [0.5, 0.6) is 0 Å². The summed E-state index contributed by atoms with van der Waals surface area (Å²) in [6.45, 7) is 4.87. The summed E-state index contributed by atoms with van der Waals surface area (Å²) < 4.78 is 5.39. The van der Waals surface area contributed by atoms with E-state index in [1.807, 2.05) is 17.9 Å². The van der Waals surface area contributed by atoms with E-state index in [4.69, 9.17) is 10.3 Å². The van der Waals surface area contributed by atoms with Crippen molar-refractivity contribution in [2.24, 2.45) is 11.7 Å². The largest absolute Gasteiger partial charge is 0.359 e. The van der Waals surface area contributed by atoms with E-state index in [0.29, 0.717) is 5.92 Å². The molecule has 2 aliphatic rings. The molecule has 21 heavy (non-hydrogen) atoms. The van der Waals surface area contributed by atoms with E-state index in [1.165, 1.54) is 6.42 Å². The van der Waals surface area contributed by atoms with E-state index in [-0.39, 0.29) is 11.9 Å². The van der Waals surface area contributed by atoms with Gasteiger partial charge in [-0.25, -0.2) is 0 Å². The third-order valence-corrected chi connectivity index (χ3v) is 4.95. The minimum Gasteiger partial charge on any atom is -0.359 e. The molecule has 3 atom stereocenters. The highest BCUT2D eigenvalue weighted by atomic mass is 16.5. The second kappa shape index (κ2) is 5.44. The van der Waals surface area contributed by atoms with E-state index < -0.39 is 5.54 Å². The van der Waals surface area contributed by atoms with Gasteiger partial charge in [0.1, 0.15) is 0 Å². The molecule has 1 saturated carbocycles. The van der Waals surface area contributed by atoms with Gasteiger partial charge >= 0.3 is 0 Å². The second-order valence-electron chi connectivity index (χ2n) is 6.88. The van der Waals surface area contributed by atoms with Crippen LogP contribution in [-0.2, 0) is 4.79 Å². The van der Waals surface area contributed by atoms with Gasteiger partial charge in [0.25, 0.3) is 0 Å². The number of carbonyl (C=O) groups excluding carboxylic acids is 1. The molecule has 116 valence electrons. The zero-order valence-corrected chi connectivity index (χ0v) is 13.0. The minimum atomic E-state index is -0.685. The lowest BCUT2D eigenvalue weighted by atomic mass is 9.76. The summed E-state index contributed by atoms with van der Waals surface area (Å²) in [7, 11) is 0. The van der Waals surface area contributed by atoms with E-state index >= 15 is 0 Å². The highest BCUT2D eigenvalue weighted by Crippen LogP contribution is 2.38. The molecule has 3 unspecified atom stereocenters. The molecule has 2 fully saturated rings. The predicted octanol–water partition coefficient (Wildman–Crippen LogP) is 2.55. The molecular formula is C16H25N3O2. The Morgan fingerprint density at radius 1 is 1.48 bits per heavy atom. The fraction of sp³-hybridized carbons (Fsp3) is 0.750. The fourth-order valence-corrected chi connectivity index (χ4v) is 3.92. The molecule has 1 aliphatic heterocycles. The first-order valence-corrected chi connectivity index (χ1v) is 8.03. The Kier molecular flexibility index (Phi) is 3.78. The van der Waals surface area contributed by atoms with Crippen molar-refractivity contribution in [2.45, 2.75) is 64.0 Å². The number of nitrogens with two attached hydrogens (primary N) is 1. The summed E-state index contributed by atoms with van der Waals surface area (Å²) in [4.78, 5) is 14.9. The summed E-state index contributed by atoms with van der Waals surface area (Å²) in [5.41, 5.74) is 6.66. The first kappa shape index (κ1) is 14.6. The van der Waals surface area contributed by atoms with Crippen LogP contribution in [0.2, 0.25) is 0 Å². The highest BCUT2D eigenvalue weighted by Gasteiger charge is 2.44. The topological polar surface area (TPSA) is 72.4 Å². The summed E-state index contributed by atoms with van der Waals surface area (Å²) in [5, 5.41) is 3.95. The molecule has 1 aromatic rings. The first-order chi connectivity index (χ1) is 9.99. The van der Waals surface area contributed by atoms with Gasteiger partial charge in [0, 0.05) is 12.6 Å². The maximum Gasteiger partial charge on any atom is 0.243 e. The Morgan fingerprint density at radius 3 is 2.95 bits per heavy atom. The van der Waals surface area contributed by atoms with Crippen LogP contribution in [0.4, 0.5) is 0 Å². The lowest BCUT2D eigenvalue weighted by molar-refractivity contribution is -0.140. The van der Waals surface area contributed by atoms with Gasteiger partial charge in [-0.05, 0) is 38.5 Å². The molecule has 1 aliphatic carbocycles. The van der Waals surface area contributed by atoms with Crippen LogP contribution in [0.3, 0.4) is 0 Å². The molecule has 0 aromatic carbocycles. The molecule has 1 saturated heterocycles. The average molecular weight is 291 g/mol. The summed E-state index contributed by atoms with van der Waals surface area (Å²) in [6.07, 6.45) is 5.76. The molecule has 0 bridgehead atoms. The summed E-state index contributed by atoms with van der Waals surface area (Å²) >= 11 is 0. The number of carbonyl (C=O) groups is 1. The van der Waals surface area contributed by atoms with Gasteiger partial charge in [-0.15, -0.1) is 0 Å². The molecule has 3 rings (SSSR count). The van der Waals surface area contributed by atoms with Crippen molar-refractivity contribution in [3.8, 4) is 0 Å². The monoisotopic (exact) mass is 291 g/mol.